The molecular formula is C19H30O2. The summed E-state index contributed by atoms with van der Waals surface area (Å²) in [6.45, 7) is 4.44. The number of fused-ring (bicyclic) bond motifs is 5. The van der Waals surface area contributed by atoms with Gasteiger partial charge in [-0.1, -0.05) is 6.92 Å². The average Bonchev–Trinajstić information content (AvgIpc) is 2.69. The zero-order valence-electron chi connectivity index (χ0n) is 13.6. The van der Waals surface area contributed by atoms with Crippen molar-refractivity contribution in [1.82, 2.24) is 0 Å². The third kappa shape index (κ3) is 1.90. The van der Waals surface area contributed by atoms with Crippen LogP contribution in [0, 0.1) is 35.0 Å². The Morgan fingerprint density at radius 1 is 0.952 bits per heavy atom. The molecule has 5 unspecified atom stereocenters. The number of hydrogen-bond donors (Lipinski definition) is 1. The molecule has 4 rings (SSSR count). The summed E-state index contributed by atoms with van der Waals surface area (Å²) in [5.41, 5.74) is -0.312. The van der Waals surface area contributed by atoms with Gasteiger partial charge in [0.25, 0.3) is 0 Å². The molecule has 0 amide bonds. The topological polar surface area (TPSA) is 37.3 Å². The minimum atomic E-state index is -0.456. The zero-order chi connectivity index (χ0) is 14.8. The van der Waals surface area contributed by atoms with Gasteiger partial charge in [-0.2, -0.15) is 0 Å². The van der Waals surface area contributed by atoms with Crippen LogP contribution in [0.1, 0.15) is 71.6 Å². The largest absolute Gasteiger partial charge is 0.390 e. The Kier molecular flexibility index (Phi) is 3.10. The average molecular weight is 290 g/mol. The van der Waals surface area contributed by atoms with Gasteiger partial charge in [0.1, 0.15) is 5.78 Å². The molecule has 0 aromatic carbocycles. The van der Waals surface area contributed by atoms with E-state index >= 15 is 0 Å². The summed E-state index contributed by atoms with van der Waals surface area (Å²) in [6.07, 6.45) is 10.2. The molecule has 4 saturated carbocycles. The van der Waals surface area contributed by atoms with E-state index in [1.165, 1.54) is 32.1 Å². The summed E-state index contributed by atoms with van der Waals surface area (Å²) in [5, 5.41) is 10.9. The van der Waals surface area contributed by atoms with Crippen molar-refractivity contribution in [2.75, 3.05) is 0 Å². The van der Waals surface area contributed by atoms with Crippen LogP contribution in [-0.4, -0.2) is 16.5 Å². The van der Waals surface area contributed by atoms with Gasteiger partial charge in [0, 0.05) is 12.8 Å². The van der Waals surface area contributed by atoms with Gasteiger partial charge >= 0.3 is 0 Å². The van der Waals surface area contributed by atoms with E-state index in [1.54, 1.807) is 0 Å². The Morgan fingerprint density at radius 2 is 1.76 bits per heavy atom. The Hall–Kier alpha value is -0.370. The van der Waals surface area contributed by atoms with Crippen molar-refractivity contribution in [2.45, 2.75) is 77.2 Å². The number of aliphatic hydroxyl groups is 1. The van der Waals surface area contributed by atoms with Gasteiger partial charge in [0.2, 0.25) is 0 Å². The van der Waals surface area contributed by atoms with Gasteiger partial charge in [-0.15, -0.1) is 0 Å². The Labute approximate surface area is 128 Å². The van der Waals surface area contributed by atoms with E-state index in [1.807, 2.05) is 0 Å². The fourth-order valence-corrected chi connectivity index (χ4v) is 6.90. The molecule has 0 aromatic heterocycles. The van der Waals surface area contributed by atoms with Crippen molar-refractivity contribution >= 4 is 5.78 Å². The van der Waals surface area contributed by atoms with Crippen LogP contribution in [-0.2, 0) is 4.79 Å². The first-order chi connectivity index (χ1) is 9.92. The van der Waals surface area contributed by atoms with Crippen LogP contribution in [0.4, 0.5) is 0 Å². The van der Waals surface area contributed by atoms with Crippen LogP contribution in [0.3, 0.4) is 0 Å². The maximum absolute atomic E-state index is 11.8. The fraction of sp³-hybridized carbons (Fsp3) is 0.947. The van der Waals surface area contributed by atoms with E-state index in [0.717, 1.165) is 49.4 Å². The van der Waals surface area contributed by atoms with Gasteiger partial charge in [0.15, 0.2) is 0 Å². The molecular weight excluding hydrogens is 260 g/mol. The minimum Gasteiger partial charge on any atom is -0.390 e. The number of ketones is 1. The highest BCUT2D eigenvalue weighted by atomic mass is 16.3. The first-order valence-electron chi connectivity index (χ1n) is 9.16. The number of Topliss-reactive ketones (excluding diaryl/α,β-unsaturated/α-hetero) is 1. The molecule has 2 nitrogen and oxygen atoms in total. The normalized spacial score (nSPS) is 56.5. The minimum absolute atomic E-state index is 0.144. The zero-order valence-corrected chi connectivity index (χ0v) is 13.6. The fourth-order valence-electron chi connectivity index (χ4n) is 6.90. The van der Waals surface area contributed by atoms with E-state index in [2.05, 4.69) is 13.8 Å². The van der Waals surface area contributed by atoms with Crippen molar-refractivity contribution in [3.8, 4) is 0 Å². The quantitative estimate of drug-likeness (QED) is 0.733. The standard InChI is InChI=1S/C19H30O2/c1-18-9-7-15-14-6-4-13(20)11-12(14)3-5-16(15)17(18)8-10-19(18,2)21/h12,14-17,21H,3-11H2,1-2H3/t12-,14?,15?,16?,17?,18?,19-/m0/s1. The van der Waals surface area contributed by atoms with E-state index in [0.29, 0.717) is 11.7 Å². The molecule has 4 aliphatic carbocycles. The monoisotopic (exact) mass is 290 g/mol. The van der Waals surface area contributed by atoms with Crippen LogP contribution < -0.4 is 0 Å². The van der Waals surface area contributed by atoms with Crippen molar-refractivity contribution in [2.24, 2.45) is 35.0 Å². The van der Waals surface area contributed by atoms with Gasteiger partial charge < -0.3 is 5.11 Å². The lowest BCUT2D eigenvalue weighted by Gasteiger charge is -2.56. The lowest BCUT2D eigenvalue weighted by atomic mass is 9.49. The van der Waals surface area contributed by atoms with Gasteiger partial charge in [-0.3, -0.25) is 4.79 Å². The van der Waals surface area contributed by atoms with Crippen molar-refractivity contribution < 1.29 is 9.90 Å². The van der Waals surface area contributed by atoms with Crippen molar-refractivity contribution in [3.63, 3.8) is 0 Å². The van der Waals surface area contributed by atoms with E-state index in [-0.39, 0.29) is 5.41 Å². The molecule has 4 fully saturated rings. The van der Waals surface area contributed by atoms with Crippen LogP contribution in [0.15, 0.2) is 0 Å². The van der Waals surface area contributed by atoms with Gasteiger partial charge in [-0.25, -0.2) is 0 Å². The van der Waals surface area contributed by atoms with Crippen molar-refractivity contribution in [1.29, 1.82) is 0 Å². The van der Waals surface area contributed by atoms with Crippen LogP contribution >= 0.6 is 0 Å². The predicted molar refractivity (Wildman–Crippen MR) is 82.7 cm³/mol. The Bertz CT molecular complexity index is 454. The molecule has 1 N–H and O–H groups in total. The maximum atomic E-state index is 11.8. The summed E-state index contributed by atoms with van der Waals surface area (Å²) in [4.78, 5) is 11.8. The second-order valence-corrected chi connectivity index (χ2v) is 8.99. The van der Waals surface area contributed by atoms with Crippen molar-refractivity contribution in [3.05, 3.63) is 0 Å². The highest BCUT2D eigenvalue weighted by Gasteiger charge is 2.60. The maximum Gasteiger partial charge on any atom is 0.133 e. The number of carbonyl (C=O) groups is 1. The second kappa shape index (κ2) is 4.57. The molecule has 0 spiro atoms. The molecule has 21 heavy (non-hydrogen) atoms. The molecule has 2 heteroatoms. The molecule has 0 saturated heterocycles. The van der Waals surface area contributed by atoms with Gasteiger partial charge in [0.05, 0.1) is 5.60 Å². The molecule has 7 atom stereocenters. The third-order valence-electron chi connectivity index (χ3n) is 8.33. The summed E-state index contributed by atoms with van der Waals surface area (Å²) >= 11 is 0. The molecule has 4 aliphatic rings. The van der Waals surface area contributed by atoms with Gasteiger partial charge in [-0.05, 0) is 86.9 Å². The summed E-state index contributed by atoms with van der Waals surface area (Å²) < 4.78 is 0. The molecule has 0 heterocycles. The Balaban J connectivity index is 1.60. The summed E-state index contributed by atoms with van der Waals surface area (Å²) in [5.74, 6) is 4.43. The predicted octanol–water partition coefficient (Wildman–Crippen LogP) is 3.96. The lowest BCUT2D eigenvalue weighted by Crippen LogP contribution is -2.52. The smallest absolute Gasteiger partial charge is 0.133 e. The highest BCUT2D eigenvalue weighted by molar-refractivity contribution is 5.79. The summed E-state index contributed by atoms with van der Waals surface area (Å²) in [6, 6.07) is 0. The third-order valence-corrected chi connectivity index (χ3v) is 8.33. The molecule has 0 aromatic rings. The van der Waals surface area contributed by atoms with E-state index < -0.39 is 5.60 Å². The lowest BCUT2D eigenvalue weighted by molar-refractivity contribution is -0.134. The molecule has 0 radical (unpaired) electrons. The molecule has 0 aliphatic heterocycles. The van der Waals surface area contributed by atoms with E-state index in [4.69, 9.17) is 0 Å². The van der Waals surface area contributed by atoms with E-state index in [9.17, 15) is 9.90 Å². The molecule has 0 bridgehead atoms. The first-order valence-corrected chi connectivity index (χ1v) is 9.16. The summed E-state index contributed by atoms with van der Waals surface area (Å²) in [7, 11) is 0. The first kappa shape index (κ1) is 14.2. The highest BCUT2D eigenvalue weighted by Crippen LogP contribution is 2.65. The van der Waals surface area contributed by atoms with Crippen LogP contribution in [0.25, 0.3) is 0 Å². The number of carbonyl (C=O) groups excluding carboxylic acids is 1. The van der Waals surface area contributed by atoms with Crippen LogP contribution in [0.5, 0.6) is 0 Å². The van der Waals surface area contributed by atoms with Crippen LogP contribution in [0.2, 0.25) is 0 Å². The second-order valence-electron chi connectivity index (χ2n) is 8.99. The SMILES string of the molecule is CC12CCC3C(CC[C@H]4CC(=O)CCC34)C1CC[C@]2(C)O. The Morgan fingerprint density at radius 3 is 2.57 bits per heavy atom. The molecule has 118 valence electrons. The number of hydrogen-bond acceptors (Lipinski definition) is 2. The number of rotatable bonds is 0.